The van der Waals surface area contributed by atoms with Crippen LogP contribution >= 0.6 is 0 Å². The van der Waals surface area contributed by atoms with E-state index >= 15 is 0 Å². The van der Waals surface area contributed by atoms with Gasteiger partial charge in [-0.05, 0) is 39.3 Å². The van der Waals surface area contributed by atoms with Crippen molar-refractivity contribution in [3.63, 3.8) is 0 Å². The van der Waals surface area contributed by atoms with Crippen molar-refractivity contribution < 1.29 is 0 Å². The molecule has 3 rings (SSSR count). The smallest absolute Gasteiger partial charge is 0.103 e. The molecule has 0 aromatic carbocycles. The van der Waals surface area contributed by atoms with E-state index in [-0.39, 0.29) is 0 Å². The first-order valence-electron chi connectivity index (χ1n) is 7.06. The lowest BCUT2D eigenvalue weighted by molar-refractivity contribution is 0.231. The lowest BCUT2D eigenvalue weighted by atomic mass is 10.1. The number of anilines is 1. The van der Waals surface area contributed by atoms with Crippen molar-refractivity contribution in [2.45, 2.75) is 32.7 Å². The van der Waals surface area contributed by atoms with Crippen molar-refractivity contribution in [1.29, 1.82) is 5.26 Å². The summed E-state index contributed by atoms with van der Waals surface area (Å²) in [5.74, 6) is 0. The zero-order valence-corrected chi connectivity index (χ0v) is 11.7. The molecule has 2 fully saturated rings. The molecule has 3 heterocycles. The van der Waals surface area contributed by atoms with Crippen LogP contribution in [0, 0.1) is 25.2 Å². The molecule has 4 heteroatoms. The van der Waals surface area contributed by atoms with Gasteiger partial charge in [0, 0.05) is 31.4 Å². The summed E-state index contributed by atoms with van der Waals surface area (Å²) < 4.78 is 0. The lowest BCUT2D eigenvalue weighted by Crippen LogP contribution is -2.50. The van der Waals surface area contributed by atoms with E-state index in [1.165, 1.54) is 19.4 Å². The highest BCUT2D eigenvalue weighted by Crippen LogP contribution is 2.28. The zero-order valence-electron chi connectivity index (χ0n) is 11.7. The van der Waals surface area contributed by atoms with Gasteiger partial charge in [-0.25, -0.2) is 0 Å². The van der Waals surface area contributed by atoms with Crippen molar-refractivity contribution in [1.82, 2.24) is 9.88 Å². The standard InChI is InChI=1S/C15H20N4/c1-11-8-15(14(9-16)12(2)17-11)19-7-6-18-5-3-4-13(18)10-19/h8,13H,3-7,10H2,1-2H3. The van der Waals surface area contributed by atoms with Gasteiger partial charge in [0.1, 0.15) is 6.07 Å². The number of hydrogen-bond acceptors (Lipinski definition) is 4. The number of pyridine rings is 1. The molecule has 2 aliphatic rings. The topological polar surface area (TPSA) is 43.2 Å². The average molecular weight is 256 g/mol. The van der Waals surface area contributed by atoms with Crippen LogP contribution in [0.3, 0.4) is 0 Å². The van der Waals surface area contributed by atoms with Gasteiger partial charge in [-0.1, -0.05) is 0 Å². The Morgan fingerprint density at radius 3 is 2.95 bits per heavy atom. The Bertz CT molecular complexity index is 532. The van der Waals surface area contributed by atoms with Gasteiger partial charge in [-0.3, -0.25) is 9.88 Å². The minimum atomic E-state index is 0.675. The lowest BCUT2D eigenvalue weighted by Gasteiger charge is -2.39. The second-order valence-electron chi connectivity index (χ2n) is 5.63. The number of aryl methyl sites for hydroxylation is 2. The van der Waals surface area contributed by atoms with E-state index in [0.29, 0.717) is 6.04 Å². The van der Waals surface area contributed by atoms with Crippen LogP contribution in [-0.4, -0.2) is 42.1 Å². The largest absolute Gasteiger partial charge is 0.368 e. The van der Waals surface area contributed by atoms with E-state index in [1.807, 2.05) is 13.8 Å². The molecule has 100 valence electrons. The summed E-state index contributed by atoms with van der Waals surface area (Å²) in [6.45, 7) is 8.38. The molecule has 19 heavy (non-hydrogen) atoms. The molecule has 0 bridgehead atoms. The fourth-order valence-corrected chi connectivity index (χ4v) is 3.41. The SMILES string of the molecule is Cc1cc(N2CCN3CCCC3C2)c(C#N)c(C)n1. The summed E-state index contributed by atoms with van der Waals surface area (Å²) in [4.78, 5) is 9.38. The summed E-state index contributed by atoms with van der Waals surface area (Å²) in [5, 5.41) is 9.38. The van der Waals surface area contributed by atoms with Crippen molar-refractivity contribution in [2.75, 3.05) is 31.1 Å². The van der Waals surface area contributed by atoms with Crippen LogP contribution in [0.5, 0.6) is 0 Å². The zero-order chi connectivity index (χ0) is 13.4. The van der Waals surface area contributed by atoms with Crippen molar-refractivity contribution in [3.8, 4) is 6.07 Å². The molecule has 4 nitrogen and oxygen atoms in total. The van der Waals surface area contributed by atoms with Crippen LogP contribution in [0.1, 0.15) is 29.8 Å². The second kappa shape index (κ2) is 4.82. The van der Waals surface area contributed by atoms with Crippen molar-refractivity contribution in [2.24, 2.45) is 0 Å². The molecule has 0 spiro atoms. The van der Waals surface area contributed by atoms with Gasteiger partial charge < -0.3 is 4.90 Å². The van der Waals surface area contributed by atoms with Gasteiger partial charge in [0.25, 0.3) is 0 Å². The third-order valence-corrected chi connectivity index (χ3v) is 4.35. The Hall–Kier alpha value is -1.60. The molecular weight excluding hydrogens is 236 g/mol. The number of piperazine rings is 1. The molecule has 0 saturated carbocycles. The summed E-state index contributed by atoms with van der Waals surface area (Å²) >= 11 is 0. The highest BCUT2D eigenvalue weighted by Gasteiger charge is 2.31. The third-order valence-electron chi connectivity index (χ3n) is 4.35. The molecular formula is C15H20N4. The molecule has 2 saturated heterocycles. The van der Waals surface area contributed by atoms with E-state index in [1.54, 1.807) is 0 Å². The Morgan fingerprint density at radius 1 is 1.32 bits per heavy atom. The van der Waals surface area contributed by atoms with Gasteiger partial charge in [-0.2, -0.15) is 5.26 Å². The normalized spacial score (nSPS) is 23.2. The average Bonchev–Trinajstić information content (AvgIpc) is 2.85. The Labute approximate surface area is 114 Å². The molecule has 1 unspecified atom stereocenters. The number of aromatic nitrogens is 1. The quantitative estimate of drug-likeness (QED) is 0.769. The van der Waals surface area contributed by atoms with Crippen molar-refractivity contribution >= 4 is 5.69 Å². The van der Waals surface area contributed by atoms with Crippen molar-refractivity contribution in [3.05, 3.63) is 23.0 Å². The van der Waals surface area contributed by atoms with E-state index < -0.39 is 0 Å². The highest BCUT2D eigenvalue weighted by molar-refractivity contribution is 5.62. The van der Waals surface area contributed by atoms with E-state index in [4.69, 9.17) is 0 Å². The Kier molecular flexibility index (Phi) is 3.16. The van der Waals surface area contributed by atoms with Crippen LogP contribution in [0.4, 0.5) is 5.69 Å². The van der Waals surface area contributed by atoms with Crippen LogP contribution in [0.25, 0.3) is 0 Å². The monoisotopic (exact) mass is 256 g/mol. The first-order chi connectivity index (χ1) is 9.19. The van der Waals surface area contributed by atoms with Crippen LogP contribution < -0.4 is 4.90 Å². The minimum absolute atomic E-state index is 0.675. The maximum Gasteiger partial charge on any atom is 0.103 e. The van der Waals surface area contributed by atoms with E-state index in [9.17, 15) is 5.26 Å². The fraction of sp³-hybridized carbons (Fsp3) is 0.600. The second-order valence-corrected chi connectivity index (χ2v) is 5.63. The van der Waals surface area contributed by atoms with Crippen LogP contribution in [0.2, 0.25) is 0 Å². The number of fused-ring (bicyclic) bond motifs is 1. The molecule has 0 N–H and O–H groups in total. The number of nitriles is 1. The predicted octanol–water partition coefficient (Wildman–Crippen LogP) is 1.85. The van der Waals surface area contributed by atoms with Crippen LogP contribution in [0.15, 0.2) is 6.07 Å². The number of nitrogens with zero attached hydrogens (tertiary/aromatic N) is 4. The first kappa shape index (κ1) is 12.4. The summed E-state index contributed by atoms with van der Waals surface area (Å²) in [6, 6.07) is 5.07. The van der Waals surface area contributed by atoms with E-state index in [0.717, 1.165) is 42.3 Å². The van der Waals surface area contributed by atoms with Gasteiger partial charge in [0.2, 0.25) is 0 Å². The molecule has 1 atom stereocenters. The van der Waals surface area contributed by atoms with Gasteiger partial charge in [-0.15, -0.1) is 0 Å². The molecule has 0 radical (unpaired) electrons. The predicted molar refractivity (Wildman–Crippen MR) is 75.2 cm³/mol. The van der Waals surface area contributed by atoms with Crippen LogP contribution in [-0.2, 0) is 0 Å². The fourth-order valence-electron chi connectivity index (χ4n) is 3.41. The number of hydrogen-bond donors (Lipinski definition) is 0. The highest BCUT2D eigenvalue weighted by atomic mass is 15.3. The summed E-state index contributed by atoms with van der Waals surface area (Å²) in [5.41, 5.74) is 3.68. The molecule has 0 amide bonds. The summed E-state index contributed by atoms with van der Waals surface area (Å²) in [7, 11) is 0. The Balaban J connectivity index is 1.92. The maximum absolute atomic E-state index is 9.38. The number of rotatable bonds is 1. The maximum atomic E-state index is 9.38. The minimum Gasteiger partial charge on any atom is -0.368 e. The molecule has 0 aliphatic carbocycles. The third kappa shape index (κ3) is 2.19. The van der Waals surface area contributed by atoms with E-state index in [2.05, 4.69) is 26.9 Å². The van der Waals surface area contributed by atoms with Gasteiger partial charge in [0.15, 0.2) is 0 Å². The molecule has 1 aromatic rings. The summed E-state index contributed by atoms with van der Waals surface area (Å²) in [6.07, 6.45) is 2.61. The first-order valence-corrected chi connectivity index (χ1v) is 7.06. The Morgan fingerprint density at radius 2 is 2.16 bits per heavy atom. The van der Waals surface area contributed by atoms with Gasteiger partial charge in [0.05, 0.1) is 16.9 Å². The molecule has 1 aromatic heterocycles. The molecule has 2 aliphatic heterocycles. The van der Waals surface area contributed by atoms with Gasteiger partial charge >= 0.3 is 0 Å².